The van der Waals surface area contributed by atoms with E-state index in [2.05, 4.69) is 36.3 Å². The van der Waals surface area contributed by atoms with Crippen molar-refractivity contribution in [3.05, 3.63) is 11.8 Å². The van der Waals surface area contributed by atoms with Crippen LogP contribution in [0, 0.1) is 0 Å². The molecule has 1 N–H and O–H groups in total. The number of nitrogens with zero attached hydrogens (tertiary/aromatic N) is 2. The molecule has 2 heterocycles. The van der Waals surface area contributed by atoms with E-state index in [1.165, 1.54) is 0 Å². The third-order valence-electron chi connectivity index (χ3n) is 2.76. The van der Waals surface area contributed by atoms with Crippen molar-refractivity contribution in [3.8, 4) is 0 Å². The highest BCUT2D eigenvalue weighted by molar-refractivity contribution is 4.94. The molecule has 1 unspecified atom stereocenters. The number of rotatable bonds is 4. The van der Waals surface area contributed by atoms with Crippen LogP contribution in [0.5, 0.6) is 0 Å². The summed E-state index contributed by atoms with van der Waals surface area (Å²) < 4.78 is 10.9. The Balaban J connectivity index is 1.81. The number of nitrogens with one attached hydrogen (secondary N) is 1. The van der Waals surface area contributed by atoms with E-state index in [1.807, 2.05) is 0 Å². The van der Waals surface area contributed by atoms with Crippen LogP contribution < -0.4 is 5.32 Å². The molecule has 0 saturated carbocycles. The zero-order chi connectivity index (χ0) is 12.3. The number of aromatic nitrogens is 2. The Labute approximate surface area is 102 Å². The predicted octanol–water partition coefficient (Wildman–Crippen LogP) is 1.50. The van der Waals surface area contributed by atoms with Crippen LogP contribution in [0.4, 0.5) is 0 Å². The maximum Gasteiger partial charge on any atom is 0.222 e. The quantitative estimate of drug-likeness (QED) is 0.863. The van der Waals surface area contributed by atoms with Crippen LogP contribution in [-0.2, 0) is 11.2 Å². The van der Waals surface area contributed by atoms with Crippen molar-refractivity contribution in [1.29, 1.82) is 0 Å². The minimum absolute atomic E-state index is 0.127. The number of hydrogen-bond acceptors (Lipinski definition) is 5. The highest BCUT2D eigenvalue weighted by Crippen LogP contribution is 2.23. The zero-order valence-corrected chi connectivity index (χ0v) is 10.8. The van der Waals surface area contributed by atoms with Gasteiger partial charge < -0.3 is 14.5 Å². The topological polar surface area (TPSA) is 60.2 Å². The lowest BCUT2D eigenvalue weighted by Crippen LogP contribution is -2.37. The summed E-state index contributed by atoms with van der Waals surface area (Å²) in [7, 11) is 0. The van der Waals surface area contributed by atoms with E-state index in [9.17, 15) is 0 Å². The van der Waals surface area contributed by atoms with Crippen LogP contribution in [0.1, 0.15) is 44.9 Å². The number of ether oxygens (including phenoxy) is 1. The van der Waals surface area contributed by atoms with Crippen molar-refractivity contribution in [2.45, 2.75) is 45.1 Å². The average Bonchev–Trinajstić information content (AvgIpc) is 2.83. The predicted molar refractivity (Wildman–Crippen MR) is 63.9 cm³/mol. The summed E-state index contributed by atoms with van der Waals surface area (Å²) in [5.74, 6) is 1.74. The molecule has 1 aliphatic heterocycles. The molecule has 0 aromatic carbocycles. The maximum atomic E-state index is 5.64. The average molecular weight is 239 g/mol. The molecule has 1 aromatic heterocycles. The van der Waals surface area contributed by atoms with Crippen molar-refractivity contribution < 1.29 is 9.15 Å². The smallest absolute Gasteiger partial charge is 0.222 e. The van der Waals surface area contributed by atoms with E-state index < -0.39 is 0 Å². The van der Waals surface area contributed by atoms with Crippen molar-refractivity contribution in [2.75, 3.05) is 19.8 Å². The summed E-state index contributed by atoms with van der Waals surface area (Å²) in [5.41, 5.74) is 0.127. The van der Waals surface area contributed by atoms with Gasteiger partial charge in [0.2, 0.25) is 11.8 Å². The Bertz CT molecular complexity index is 351. The standard InChI is InChI=1S/C12H21N3O2/c1-12(2,3)13-6-4-10-14-15-11(17-10)9-5-7-16-8-9/h9,13H,4-8H2,1-3H3. The van der Waals surface area contributed by atoms with E-state index in [4.69, 9.17) is 9.15 Å². The van der Waals surface area contributed by atoms with Gasteiger partial charge in [0.1, 0.15) is 0 Å². The summed E-state index contributed by atoms with van der Waals surface area (Å²) in [6, 6.07) is 0. The van der Waals surface area contributed by atoms with Crippen LogP contribution in [0.15, 0.2) is 4.42 Å². The van der Waals surface area contributed by atoms with E-state index in [-0.39, 0.29) is 5.54 Å². The van der Waals surface area contributed by atoms with Crippen molar-refractivity contribution in [1.82, 2.24) is 15.5 Å². The van der Waals surface area contributed by atoms with Crippen LogP contribution >= 0.6 is 0 Å². The lowest BCUT2D eigenvalue weighted by atomic mass is 10.1. The lowest BCUT2D eigenvalue weighted by molar-refractivity contribution is 0.190. The first-order valence-electron chi connectivity index (χ1n) is 6.20. The molecule has 0 amide bonds. The molecular weight excluding hydrogens is 218 g/mol. The van der Waals surface area contributed by atoms with E-state index >= 15 is 0 Å². The molecule has 0 radical (unpaired) electrons. The Kier molecular flexibility index (Phi) is 3.79. The van der Waals surface area contributed by atoms with Crippen molar-refractivity contribution in [3.63, 3.8) is 0 Å². The van der Waals surface area contributed by atoms with E-state index in [0.29, 0.717) is 18.4 Å². The minimum Gasteiger partial charge on any atom is -0.425 e. The van der Waals surface area contributed by atoms with Crippen LogP contribution in [0.25, 0.3) is 0 Å². The Morgan fingerprint density at radius 2 is 2.18 bits per heavy atom. The maximum absolute atomic E-state index is 5.64. The third-order valence-corrected chi connectivity index (χ3v) is 2.76. The molecule has 17 heavy (non-hydrogen) atoms. The highest BCUT2D eigenvalue weighted by Gasteiger charge is 2.23. The molecule has 1 atom stereocenters. The van der Waals surface area contributed by atoms with Gasteiger partial charge in [-0.3, -0.25) is 0 Å². The second-order valence-corrected chi connectivity index (χ2v) is 5.52. The lowest BCUT2D eigenvalue weighted by Gasteiger charge is -2.19. The third kappa shape index (κ3) is 3.78. The Morgan fingerprint density at radius 1 is 1.35 bits per heavy atom. The van der Waals surface area contributed by atoms with Crippen molar-refractivity contribution in [2.24, 2.45) is 0 Å². The summed E-state index contributed by atoms with van der Waals surface area (Å²) in [6.07, 6.45) is 1.76. The first-order chi connectivity index (χ1) is 8.04. The van der Waals surface area contributed by atoms with Crippen LogP contribution in [0.3, 0.4) is 0 Å². The van der Waals surface area contributed by atoms with Gasteiger partial charge in [0.25, 0.3) is 0 Å². The summed E-state index contributed by atoms with van der Waals surface area (Å²) in [6.45, 7) is 8.79. The van der Waals surface area contributed by atoms with Crippen LogP contribution in [-0.4, -0.2) is 35.5 Å². The highest BCUT2D eigenvalue weighted by atomic mass is 16.5. The molecule has 96 valence electrons. The SMILES string of the molecule is CC(C)(C)NCCc1nnc(C2CCOC2)o1. The second-order valence-electron chi connectivity index (χ2n) is 5.52. The van der Waals surface area contributed by atoms with Gasteiger partial charge in [0.15, 0.2) is 0 Å². The van der Waals surface area contributed by atoms with E-state index in [0.717, 1.165) is 31.9 Å². The second kappa shape index (κ2) is 5.14. The van der Waals surface area contributed by atoms with Gasteiger partial charge in [-0.05, 0) is 27.2 Å². The summed E-state index contributed by atoms with van der Waals surface area (Å²) >= 11 is 0. The molecule has 1 saturated heterocycles. The van der Waals surface area contributed by atoms with Gasteiger partial charge in [0, 0.05) is 25.1 Å². The fraction of sp³-hybridized carbons (Fsp3) is 0.833. The Morgan fingerprint density at radius 3 is 2.82 bits per heavy atom. The van der Waals surface area contributed by atoms with Crippen molar-refractivity contribution >= 4 is 0 Å². The Hall–Kier alpha value is -0.940. The fourth-order valence-corrected chi connectivity index (χ4v) is 1.81. The number of hydrogen-bond donors (Lipinski definition) is 1. The first kappa shape index (κ1) is 12.5. The van der Waals surface area contributed by atoms with Gasteiger partial charge >= 0.3 is 0 Å². The molecular formula is C12H21N3O2. The fourth-order valence-electron chi connectivity index (χ4n) is 1.81. The van der Waals surface area contributed by atoms with Gasteiger partial charge in [-0.25, -0.2) is 0 Å². The molecule has 0 aliphatic carbocycles. The first-order valence-corrected chi connectivity index (χ1v) is 6.20. The molecule has 5 heteroatoms. The molecule has 0 bridgehead atoms. The minimum atomic E-state index is 0.127. The zero-order valence-electron chi connectivity index (χ0n) is 10.8. The largest absolute Gasteiger partial charge is 0.425 e. The van der Waals surface area contributed by atoms with Gasteiger partial charge in [-0.15, -0.1) is 10.2 Å². The molecule has 5 nitrogen and oxygen atoms in total. The van der Waals surface area contributed by atoms with E-state index in [1.54, 1.807) is 0 Å². The molecule has 0 spiro atoms. The van der Waals surface area contributed by atoms with Gasteiger partial charge in [-0.1, -0.05) is 0 Å². The molecule has 1 aromatic rings. The van der Waals surface area contributed by atoms with Gasteiger partial charge in [-0.2, -0.15) is 0 Å². The van der Waals surface area contributed by atoms with Crippen LogP contribution in [0.2, 0.25) is 0 Å². The summed E-state index contributed by atoms with van der Waals surface area (Å²) in [4.78, 5) is 0. The molecule has 2 rings (SSSR count). The molecule has 1 fully saturated rings. The normalized spacial score (nSPS) is 21.0. The summed E-state index contributed by atoms with van der Waals surface area (Å²) in [5, 5.41) is 11.6. The molecule has 1 aliphatic rings. The van der Waals surface area contributed by atoms with Gasteiger partial charge in [0.05, 0.1) is 12.5 Å². The monoisotopic (exact) mass is 239 g/mol.